The summed E-state index contributed by atoms with van der Waals surface area (Å²) in [7, 11) is 1.70. The first-order valence-electron chi connectivity index (χ1n) is 7.00. The monoisotopic (exact) mass is 288 g/mol. The number of thiazole rings is 1. The molecule has 0 amide bonds. The minimum atomic E-state index is -0.441. The van der Waals surface area contributed by atoms with Gasteiger partial charge in [-0.15, -0.1) is 11.3 Å². The number of methoxy groups -OCH3 is 1. The van der Waals surface area contributed by atoms with E-state index in [9.17, 15) is 0 Å². The molecule has 2 aromatic rings. The van der Waals surface area contributed by atoms with Gasteiger partial charge in [-0.2, -0.15) is 0 Å². The minimum absolute atomic E-state index is 0.441. The lowest BCUT2D eigenvalue weighted by Crippen LogP contribution is -2.35. The van der Waals surface area contributed by atoms with E-state index in [4.69, 9.17) is 15.5 Å². The summed E-state index contributed by atoms with van der Waals surface area (Å²) in [6, 6.07) is 8.06. The molecular formula is C16H20N2OS. The van der Waals surface area contributed by atoms with Crippen LogP contribution in [0.1, 0.15) is 34.5 Å². The third kappa shape index (κ3) is 2.45. The number of hydrogen-bond donors (Lipinski definition) is 1. The maximum atomic E-state index is 6.55. The van der Waals surface area contributed by atoms with Gasteiger partial charge in [-0.05, 0) is 37.8 Å². The summed E-state index contributed by atoms with van der Waals surface area (Å²) < 4.78 is 5.42. The number of ether oxygens (including phenoxy) is 1. The summed E-state index contributed by atoms with van der Waals surface area (Å²) in [5.41, 5.74) is 8.51. The molecule has 20 heavy (non-hydrogen) atoms. The molecule has 1 aromatic carbocycles. The van der Waals surface area contributed by atoms with Gasteiger partial charge in [0.05, 0.1) is 18.3 Å². The van der Waals surface area contributed by atoms with Gasteiger partial charge >= 0.3 is 0 Å². The molecule has 1 heterocycles. The molecule has 0 spiro atoms. The largest absolute Gasteiger partial charge is 0.496 e. The van der Waals surface area contributed by atoms with E-state index in [1.807, 2.05) is 18.2 Å². The Labute approximate surface area is 123 Å². The molecule has 4 heteroatoms. The van der Waals surface area contributed by atoms with Gasteiger partial charge in [0.2, 0.25) is 0 Å². The van der Waals surface area contributed by atoms with Crippen LogP contribution in [0, 0.1) is 0 Å². The first kappa shape index (κ1) is 13.6. The van der Waals surface area contributed by atoms with E-state index in [-0.39, 0.29) is 0 Å². The van der Waals surface area contributed by atoms with Gasteiger partial charge < -0.3 is 10.5 Å². The normalized spacial score (nSPS) is 16.8. The summed E-state index contributed by atoms with van der Waals surface area (Å²) in [6.07, 6.45) is 4.25. The van der Waals surface area contributed by atoms with Gasteiger partial charge in [-0.25, -0.2) is 4.98 Å². The molecule has 3 nitrogen and oxygen atoms in total. The molecule has 2 N–H and O–H groups in total. The van der Waals surface area contributed by atoms with Crippen LogP contribution in [0.25, 0.3) is 0 Å². The van der Waals surface area contributed by atoms with Crippen LogP contribution < -0.4 is 10.5 Å². The highest BCUT2D eigenvalue weighted by atomic mass is 32.1. The van der Waals surface area contributed by atoms with Crippen LogP contribution >= 0.6 is 11.3 Å². The number of para-hydroxylation sites is 1. The van der Waals surface area contributed by atoms with Gasteiger partial charge in [-0.3, -0.25) is 0 Å². The quantitative estimate of drug-likeness (QED) is 0.940. The third-order valence-corrected chi connectivity index (χ3v) is 5.27. The lowest BCUT2D eigenvalue weighted by Gasteiger charge is -2.23. The molecule has 106 valence electrons. The maximum absolute atomic E-state index is 6.55. The van der Waals surface area contributed by atoms with Crippen LogP contribution in [0.2, 0.25) is 0 Å². The summed E-state index contributed by atoms with van der Waals surface area (Å²) in [5.74, 6) is 0.897. The molecule has 3 rings (SSSR count). The molecule has 0 saturated heterocycles. The zero-order valence-corrected chi connectivity index (χ0v) is 12.8. The fraction of sp³-hybridized carbons (Fsp3) is 0.438. The van der Waals surface area contributed by atoms with Gasteiger partial charge in [0, 0.05) is 11.3 Å². The number of benzene rings is 1. The number of fused-ring (bicyclic) bond motifs is 1. The zero-order chi connectivity index (χ0) is 14.2. The molecule has 1 aliphatic carbocycles. The van der Waals surface area contributed by atoms with Crippen molar-refractivity contribution in [2.75, 3.05) is 7.11 Å². The first-order chi connectivity index (χ1) is 9.60. The van der Waals surface area contributed by atoms with Crippen molar-refractivity contribution in [3.05, 3.63) is 45.4 Å². The fourth-order valence-corrected chi connectivity index (χ4v) is 3.96. The predicted molar refractivity (Wildman–Crippen MR) is 82.4 cm³/mol. The number of nitrogens with two attached hydrogens (primary N) is 1. The summed E-state index contributed by atoms with van der Waals surface area (Å²) in [5, 5.41) is 1.05. The molecular weight excluding hydrogens is 268 g/mol. The molecule has 1 aliphatic rings. The van der Waals surface area contributed by atoms with E-state index in [2.05, 4.69) is 13.0 Å². The molecule has 0 bridgehead atoms. The van der Waals surface area contributed by atoms with Crippen molar-refractivity contribution in [1.82, 2.24) is 4.98 Å². The number of rotatable bonds is 4. The lowest BCUT2D eigenvalue weighted by molar-refractivity contribution is 0.399. The summed E-state index contributed by atoms with van der Waals surface area (Å²) in [6.45, 7) is 2.06. The smallest absolute Gasteiger partial charge is 0.122 e. The molecule has 1 aromatic heterocycles. The van der Waals surface area contributed by atoms with Crippen molar-refractivity contribution in [3.63, 3.8) is 0 Å². The average Bonchev–Trinajstić information content (AvgIpc) is 3.00. The lowest BCUT2D eigenvalue weighted by atomic mass is 9.94. The topological polar surface area (TPSA) is 48.1 Å². The second kappa shape index (κ2) is 5.19. The molecule has 1 atom stereocenters. The first-order valence-corrected chi connectivity index (χ1v) is 7.81. The predicted octanol–water partition coefficient (Wildman–Crippen LogP) is 3.06. The van der Waals surface area contributed by atoms with Crippen LogP contribution in [0.3, 0.4) is 0 Å². The van der Waals surface area contributed by atoms with Crippen LogP contribution in [-0.4, -0.2) is 12.1 Å². The van der Waals surface area contributed by atoms with E-state index in [1.54, 1.807) is 18.4 Å². The van der Waals surface area contributed by atoms with E-state index < -0.39 is 5.54 Å². The van der Waals surface area contributed by atoms with Crippen molar-refractivity contribution in [2.24, 2.45) is 5.73 Å². The van der Waals surface area contributed by atoms with Gasteiger partial charge in [0.15, 0.2) is 0 Å². The molecule has 0 fully saturated rings. The third-order valence-electron chi connectivity index (χ3n) is 3.83. The Bertz CT molecular complexity index is 597. The van der Waals surface area contributed by atoms with Gasteiger partial charge in [0.25, 0.3) is 0 Å². The Morgan fingerprint density at radius 1 is 1.35 bits per heavy atom. The Hall–Kier alpha value is -1.39. The standard InChI is InChI=1S/C16H20N2OS/c1-16(17,10-11-6-3-4-8-13(11)19-2)15-18-12-7-5-9-14(12)20-15/h3-4,6,8H,5,7,9-10,17H2,1-2H3. The highest BCUT2D eigenvalue weighted by molar-refractivity contribution is 7.12. The van der Waals surface area contributed by atoms with E-state index in [1.165, 1.54) is 17.0 Å². The summed E-state index contributed by atoms with van der Waals surface area (Å²) in [4.78, 5) is 6.19. The van der Waals surface area contributed by atoms with Crippen LogP contribution in [-0.2, 0) is 24.8 Å². The number of aryl methyl sites for hydroxylation is 2. The zero-order valence-electron chi connectivity index (χ0n) is 12.0. The van der Waals surface area contributed by atoms with Gasteiger partial charge in [0.1, 0.15) is 10.8 Å². The number of nitrogens with zero attached hydrogens (tertiary/aromatic N) is 1. The molecule has 0 saturated carbocycles. The van der Waals surface area contributed by atoms with Crippen molar-refractivity contribution >= 4 is 11.3 Å². The Morgan fingerprint density at radius 2 is 2.15 bits per heavy atom. The van der Waals surface area contributed by atoms with E-state index >= 15 is 0 Å². The summed E-state index contributed by atoms with van der Waals surface area (Å²) >= 11 is 1.78. The Balaban J connectivity index is 1.87. The van der Waals surface area contributed by atoms with Crippen LogP contribution in [0.15, 0.2) is 24.3 Å². The number of hydrogen-bond acceptors (Lipinski definition) is 4. The van der Waals surface area contributed by atoms with E-state index in [0.29, 0.717) is 0 Å². The second-order valence-corrected chi connectivity index (χ2v) is 6.73. The molecule has 0 radical (unpaired) electrons. The number of aromatic nitrogens is 1. The van der Waals surface area contributed by atoms with Crippen molar-refractivity contribution in [3.8, 4) is 5.75 Å². The van der Waals surface area contributed by atoms with Crippen LogP contribution in [0.4, 0.5) is 0 Å². The highest BCUT2D eigenvalue weighted by Gasteiger charge is 2.29. The van der Waals surface area contributed by atoms with Crippen molar-refractivity contribution in [2.45, 2.75) is 38.1 Å². The second-order valence-electron chi connectivity index (χ2n) is 5.65. The minimum Gasteiger partial charge on any atom is -0.496 e. The van der Waals surface area contributed by atoms with E-state index in [0.717, 1.165) is 35.6 Å². The highest BCUT2D eigenvalue weighted by Crippen LogP contribution is 2.34. The fourth-order valence-electron chi connectivity index (χ4n) is 2.75. The SMILES string of the molecule is COc1ccccc1CC(C)(N)c1nc2c(s1)CCC2. The Kier molecular flexibility index (Phi) is 3.52. The maximum Gasteiger partial charge on any atom is 0.122 e. The Morgan fingerprint density at radius 3 is 2.90 bits per heavy atom. The molecule has 0 aliphatic heterocycles. The average molecular weight is 288 g/mol. The molecule has 1 unspecified atom stereocenters. The van der Waals surface area contributed by atoms with Gasteiger partial charge in [-0.1, -0.05) is 18.2 Å². The van der Waals surface area contributed by atoms with Crippen LogP contribution in [0.5, 0.6) is 5.75 Å². The van der Waals surface area contributed by atoms with Crippen molar-refractivity contribution in [1.29, 1.82) is 0 Å². The van der Waals surface area contributed by atoms with Crippen molar-refractivity contribution < 1.29 is 4.74 Å².